The molecule has 0 atom stereocenters. The molecule has 2 aromatic rings. The number of halogens is 3. The summed E-state index contributed by atoms with van der Waals surface area (Å²) < 4.78 is 42.7. The van der Waals surface area contributed by atoms with Gasteiger partial charge in [0.2, 0.25) is 0 Å². The highest BCUT2D eigenvalue weighted by Gasteiger charge is 2.29. The predicted molar refractivity (Wildman–Crippen MR) is 72.5 cm³/mol. The van der Waals surface area contributed by atoms with E-state index >= 15 is 0 Å². The minimum atomic E-state index is -4.31. The number of hydrogen-bond donors (Lipinski definition) is 0. The molecule has 0 aliphatic carbocycles. The van der Waals surface area contributed by atoms with Gasteiger partial charge >= 0.3 is 6.18 Å². The highest BCUT2D eigenvalue weighted by atomic mass is 19.4. The fourth-order valence-corrected chi connectivity index (χ4v) is 1.79. The number of rotatable bonds is 5. The van der Waals surface area contributed by atoms with Crippen LogP contribution in [-0.2, 0) is 12.6 Å². The molecule has 0 aromatic heterocycles. The van der Waals surface area contributed by atoms with E-state index in [0.717, 1.165) is 24.0 Å². The van der Waals surface area contributed by atoms with Gasteiger partial charge in [-0.15, -0.1) is 0 Å². The molecule has 0 spiro atoms. The lowest BCUT2D eigenvalue weighted by Gasteiger charge is -2.09. The minimum absolute atomic E-state index is 0.353. The molecule has 0 bridgehead atoms. The van der Waals surface area contributed by atoms with E-state index in [9.17, 15) is 18.0 Å². The van der Waals surface area contributed by atoms with Crippen LogP contribution in [0.4, 0.5) is 13.2 Å². The molecule has 0 saturated carbocycles. The Balaban J connectivity index is 1.86. The molecule has 0 aliphatic heterocycles. The Hall–Kier alpha value is -2.30. The summed E-state index contributed by atoms with van der Waals surface area (Å²) in [5.74, 6) is 0.618. The topological polar surface area (TPSA) is 26.3 Å². The maximum absolute atomic E-state index is 12.4. The monoisotopic (exact) mass is 294 g/mol. The maximum atomic E-state index is 12.4. The fraction of sp³-hybridized carbons (Fsp3) is 0.188. The van der Waals surface area contributed by atoms with E-state index in [2.05, 4.69) is 0 Å². The molecule has 0 unspecified atom stereocenters. The van der Waals surface area contributed by atoms with E-state index < -0.39 is 11.7 Å². The Morgan fingerprint density at radius 2 is 1.57 bits per heavy atom. The maximum Gasteiger partial charge on any atom is 0.416 e. The first kappa shape index (κ1) is 15.1. The molecule has 2 rings (SSSR count). The first-order chi connectivity index (χ1) is 9.99. The summed E-state index contributed by atoms with van der Waals surface area (Å²) in [6, 6.07) is 11.7. The zero-order chi connectivity index (χ0) is 15.3. The number of ether oxygens (including phenoxy) is 1. The van der Waals surface area contributed by atoms with Crippen molar-refractivity contribution in [2.24, 2.45) is 0 Å². The highest BCUT2D eigenvalue weighted by molar-refractivity contribution is 5.74. The molecular weight excluding hydrogens is 281 g/mol. The van der Waals surface area contributed by atoms with Gasteiger partial charge in [0, 0.05) is 12.0 Å². The van der Waals surface area contributed by atoms with Crippen LogP contribution in [0.25, 0.3) is 0 Å². The lowest BCUT2D eigenvalue weighted by Crippen LogP contribution is -2.05. The summed E-state index contributed by atoms with van der Waals surface area (Å²) in [6.45, 7) is 0.353. The van der Waals surface area contributed by atoms with E-state index in [1.807, 2.05) is 0 Å². The molecule has 0 radical (unpaired) electrons. The smallest absolute Gasteiger partial charge is 0.416 e. The summed E-state index contributed by atoms with van der Waals surface area (Å²) >= 11 is 0. The summed E-state index contributed by atoms with van der Waals surface area (Å²) in [5, 5.41) is 0. The zero-order valence-electron chi connectivity index (χ0n) is 11.1. The van der Waals surface area contributed by atoms with Crippen LogP contribution in [0.15, 0.2) is 48.5 Å². The van der Waals surface area contributed by atoms with Gasteiger partial charge in [-0.3, -0.25) is 4.79 Å². The van der Waals surface area contributed by atoms with Crippen molar-refractivity contribution in [3.05, 3.63) is 65.2 Å². The lowest BCUT2D eigenvalue weighted by molar-refractivity contribution is -0.137. The molecule has 2 aromatic carbocycles. The second-order valence-electron chi connectivity index (χ2n) is 4.48. The summed E-state index contributed by atoms with van der Waals surface area (Å²) in [4.78, 5) is 10.5. The first-order valence-electron chi connectivity index (χ1n) is 6.33. The van der Waals surface area contributed by atoms with Gasteiger partial charge in [0.25, 0.3) is 0 Å². The fourth-order valence-electron chi connectivity index (χ4n) is 1.79. The summed E-state index contributed by atoms with van der Waals surface area (Å²) in [5.41, 5.74) is 0.675. The molecule has 0 aliphatic rings. The molecule has 5 heteroatoms. The molecule has 0 saturated heterocycles. The Morgan fingerprint density at radius 1 is 0.952 bits per heavy atom. The Bertz CT molecular complexity index is 586. The van der Waals surface area contributed by atoms with Crippen molar-refractivity contribution < 1.29 is 22.7 Å². The Kier molecular flexibility index (Phi) is 4.62. The molecule has 0 heterocycles. The summed E-state index contributed by atoms with van der Waals surface area (Å²) in [7, 11) is 0. The van der Waals surface area contributed by atoms with E-state index in [-0.39, 0.29) is 0 Å². The van der Waals surface area contributed by atoms with E-state index in [0.29, 0.717) is 24.3 Å². The van der Waals surface area contributed by atoms with Gasteiger partial charge in [-0.2, -0.15) is 13.2 Å². The number of carbonyl (C=O) groups is 1. The summed E-state index contributed by atoms with van der Waals surface area (Å²) in [6.07, 6.45) is -3.06. The van der Waals surface area contributed by atoms with Crippen LogP contribution in [-0.4, -0.2) is 12.9 Å². The van der Waals surface area contributed by atoms with Crippen molar-refractivity contribution >= 4 is 6.29 Å². The Morgan fingerprint density at radius 3 is 2.10 bits per heavy atom. The molecule has 0 amide bonds. The third-order valence-corrected chi connectivity index (χ3v) is 2.96. The van der Waals surface area contributed by atoms with Crippen LogP contribution in [0.5, 0.6) is 5.75 Å². The normalized spacial score (nSPS) is 11.2. The van der Waals surface area contributed by atoms with Crippen molar-refractivity contribution in [2.45, 2.75) is 12.6 Å². The average Bonchev–Trinajstić information content (AvgIpc) is 2.47. The SMILES string of the molecule is O=Cc1ccc(OCCc2ccc(C(F)(F)F)cc2)cc1. The van der Waals surface area contributed by atoms with Crippen LogP contribution < -0.4 is 4.74 Å². The number of carbonyl (C=O) groups excluding carboxylic acids is 1. The van der Waals surface area contributed by atoms with Crippen molar-refractivity contribution in [2.75, 3.05) is 6.61 Å². The van der Waals surface area contributed by atoms with Crippen LogP contribution in [0, 0.1) is 0 Å². The molecular formula is C16H13F3O2. The zero-order valence-corrected chi connectivity index (χ0v) is 11.1. The number of alkyl halides is 3. The molecule has 0 N–H and O–H groups in total. The largest absolute Gasteiger partial charge is 0.493 e. The van der Waals surface area contributed by atoms with Gasteiger partial charge in [0.05, 0.1) is 12.2 Å². The van der Waals surface area contributed by atoms with E-state index in [1.54, 1.807) is 24.3 Å². The highest BCUT2D eigenvalue weighted by Crippen LogP contribution is 2.29. The van der Waals surface area contributed by atoms with E-state index in [1.165, 1.54) is 12.1 Å². The van der Waals surface area contributed by atoms with Crippen molar-refractivity contribution in [1.82, 2.24) is 0 Å². The molecule has 110 valence electrons. The number of benzene rings is 2. The van der Waals surface area contributed by atoms with Crippen molar-refractivity contribution in [1.29, 1.82) is 0 Å². The van der Waals surface area contributed by atoms with Crippen LogP contribution in [0.2, 0.25) is 0 Å². The number of aldehydes is 1. The average molecular weight is 294 g/mol. The van der Waals surface area contributed by atoms with Gasteiger partial charge in [-0.05, 0) is 42.0 Å². The van der Waals surface area contributed by atoms with E-state index in [4.69, 9.17) is 4.74 Å². The third-order valence-electron chi connectivity index (χ3n) is 2.96. The van der Waals surface area contributed by atoms with Gasteiger partial charge < -0.3 is 4.74 Å². The van der Waals surface area contributed by atoms with Gasteiger partial charge in [-0.25, -0.2) is 0 Å². The van der Waals surface area contributed by atoms with Crippen molar-refractivity contribution in [3.63, 3.8) is 0 Å². The van der Waals surface area contributed by atoms with Gasteiger partial charge in [-0.1, -0.05) is 12.1 Å². The second-order valence-corrected chi connectivity index (χ2v) is 4.48. The van der Waals surface area contributed by atoms with Crippen LogP contribution in [0.3, 0.4) is 0 Å². The van der Waals surface area contributed by atoms with Gasteiger partial charge in [0.1, 0.15) is 12.0 Å². The standard InChI is InChI=1S/C16H13F3O2/c17-16(18,19)14-5-1-12(2-6-14)9-10-21-15-7-3-13(11-20)4-8-15/h1-8,11H,9-10H2. The Labute approximate surface area is 120 Å². The predicted octanol–water partition coefficient (Wildman–Crippen LogP) is 4.14. The van der Waals surface area contributed by atoms with Crippen molar-refractivity contribution in [3.8, 4) is 5.75 Å². The molecule has 2 nitrogen and oxygen atoms in total. The quantitative estimate of drug-likeness (QED) is 0.775. The number of hydrogen-bond acceptors (Lipinski definition) is 2. The van der Waals surface area contributed by atoms with Crippen LogP contribution in [0.1, 0.15) is 21.5 Å². The van der Waals surface area contributed by atoms with Crippen LogP contribution >= 0.6 is 0 Å². The molecule has 21 heavy (non-hydrogen) atoms. The minimum Gasteiger partial charge on any atom is -0.493 e. The second kappa shape index (κ2) is 6.43. The lowest BCUT2D eigenvalue weighted by atomic mass is 10.1. The molecule has 0 fully saturated rings. The van der Waals surface area contributed by atoms with Gasteiger partial charge in [0.15, 0.2) is 0 Å². The first-order valence-corrected chi connectivity index (χ1v) is 6.33. The third kappa shape index (κ3) is 4.34.